The van der Waals surface area contributed by atoms with Crippen LogP contribution in [-0.2, 0) is 13.6 Å². The Labute approximate surface area is 167 Å². The third kappa shape index (κ3) is 3.41. The quantitative estimate of drug-likeness (QED) is 0.506. The van der Waals surface area contributed by atoms with Crippen LogP contribution in [0.2, 0.25) is 0 Å². The van der Waals surface area contributed by atoms with Crippen LogP contribution in [0.5, 0.6) is 0 Å². The molecule has 3 heterocycles. The van der Waals surface area contributed by atoms with Gasteiger partial charge >= 0.3 is 0 Å². The lowest BCUT2D eigenvalue weighted by atomic mass is 10.0. The number of carbonyl (C=O) groups is 1. The summed E-state index contributed by atoms with van der Waals surface area (Å²) in [6.45, 7) is 4.71. The summed E-state index contributed by atoms with van der Waals surface area (Å²) in [5.74, 6) is 0.229. The highest BCUT2D eigenvalue weighted by atomic mass is 32.1. The summed E-state index contributed by atoms with van der Waals surface area (Å²) in [6, 6.07) is 11.8. The van der Waals surface area contributed by atoms with E-state index in [0.29, 0.717) is 23.3 Å². The van der Waals surface area contributed by atoms with Gasteiger partial charge < -0.3 is 0 Å². The molecule has 4 aromatic rings. The SMILES string of the molecule is CC(C)c1cccc2sc(N(Cc3cccnc3)C(=O)c3ccnn3C)nc12. The average Bonchev–Trinajstić information content (AvgIpc) is 3.31. The third-order valence-corrected chi connectivity index (χ3v) is 5.68. The molecule has 0 saturated carbocycles. The van der Waals surface area contributed by atoms with E-state index in [0.717, 1.165) is 15.8 Å². The number of para-hydroxylation sites is 1. The van der Waals surface area contributed by atoms with Crippen LogP contribution in [0.15, 0.2) is 55.0 Å². The lowest BCUT2D eigenvalue weighted by molar-refractivity contribution is 0.0976. The molecular weight excluding hydrogens is 370 g/mol. The first-order valence-electron chi connectivity index (χ1n) is 9.13. The van der Waals surface area contributed by atoms with Gasteiger partial charge in [0.05, 0.1) is 16.8 Å². The summed E-state index contributed by atoms with van der Waals surface area (Å²) >= 11 is 1.53. The van der Waals surface area contributed by atoms with E-state index in [1.54, 1.807) is 41.3 Å². The number of nitrogens with zero attached hydrogens (tertiary/aromatic N) is 5. The minimum atomic E-state index is -0.131. The van der Waals surface area contributed by atoms with E-state index in [1.807, 2.05) is 18.2 Å². The van der Waals surface area contributed by atoms with Gasteiger partial charge in [0.1, 0.15) is 5.69 Å². The summed E-state index contributed by atoms with van der Waals surface area (Å²) in [5.41, 5.74) is 3.62. The lowest BCUT2D eigenvalue weighted by Gasteiger charge is -2.19. The van der Waals surface area contributed by atoms with Crippen molar-refractivity contribution < 1.29 is 4.79 Å². The molecule has 0 saturated heterocycles. The van der Waals surface area contributed by atoms with Crippen molar-refractivity contribution in [1.29, 1.82) is 0 Å². The van der Waals surface area contributed by atoms with E-state index in [-0.39, 0.29) is 5.91 Å². The Morgan fingerprint density at radius 3 is 2.71 bits per heavy atom. The number of aromatic nitrogens is 4. The summed E-state index contributed by atoms with van der Waals surface area (Å²) in [4.78, 5) is 24.1. The van der Waals surface area contributed by atoms with Gasteiger partial charge in [-0.05, 0) is 35.2 Å². The summed E-state index contributed by atoms with van der Waals surface area (Å²) in [6.07, 6.45) is 5.13. The van der Waals surface area contributed by atoms with E-state index in [4.69, 9.17) is 4.98 Å². The molecule has 0 aliphatic rings. The zero-order valence-electron chi connectivity index (χ0n) is 16.0. The van der Waals surface area contributed by atoms with Crippen LogP contribution in [0, 0.1) is 0 Å². The van der Waals surface area contributed by atoms with Gasteiger partial charge in [0.2, 0.25) is 0 Å². The Morgan fingerprint density at radius 2 is 2.04 bits per heavy atom. The zero-order valence-corrected chi connectivity index (χ0v) is 16.8. The summed E-state index contributed by atoms with van der Waals surface area (Å²) < 4.78 is 2.67. The van der Waals surface area contributed by atoms with Gasteiger partial charge in [0.15, 0.2) is 5.13 Å². The molecule has 0 aliphatic heterocycles. The smallest absolute Gasteiger partial charge is 0.278 e. The number of anilines is 1. The lowest BCUT2D eigenvalue weighted by Crippen LogP contribution is -2.32. The fourth-order valence-corrected chi connectivity index (χ4v) is 4.16. The Morgan fingerprint density at radius 1 is 1.18 bits per heavy atom. The van der Waals surface area contributed by atoms with Crippen molar-refractivity contribution in [2.45, 2.75) is 26.3 Å². The predicted molar refractivity (Wildman–Crippen MR) is 112 cm³/mol. The molecule has 1 aromatic carbocycles. The number of rotatable bonds is 5. The minimum absolute atomic E-state index is 0.131. The number of thiazole rings is 1. The molecule has 0 atom stereocenters. The van der Waals surface area contributed by atoms with Crippen molar-refractivity contribution >= 4 is 32.6 Å². The van der Waals surface area contributed by atoms with Crippen LogP contribution in [0.25, 0.3) is 10.2 Å². The van der Waals surface area contributed by atoms with Crippen molar-refractivity contribution in [2.75, 3.05) is 4.90 Å². The number of amides is 1. The van der Waals surface area contributed by atoms with Crippen LogP contribution in [0.1, 0.15) is 41.4 Å². The standard InChI is InChI=1S/C21H21N5OS/c1-14(2)16-7-4-8-18-19(16)24-21(28-18)26(13-15-6-5-10-22-12-15)20(27)17-9-11-23-25(17)3/h4-12,14H,13H2,1-3H3. The molecule has 0 bridgehead atoms. The van der Waals surface area contributed by atoms with Crippen molar-refractivity contribution in [3.63, 3.8) is 0 Å². The molecule has 3 aromatic heterocycles. The van der Waals surface area contributed by atoms with Crippen LogP contribution in [-0.4, -0.2) is 25.7 Å². The fourth-order valence-electron chi connectivity index (χ4n) is 3.16. The van der Waals surface area contributed by atoms with E-state index < -0.39 is 0 Å². The second-order valence-corrected chi connectivity index (χ2v) is 7.95. The fraction of sp³-hybridized carbons (Fsp3) is 0.238. The van der Waals surface area contributed by atoms with Crippen LogP contribution >= 0.6 is 11.3 Å². The van der Waals surface area contributed by atoms with Crippen molar-refractivity contribution in [2.24, 2.45) is 7.05 Å². The second-order valence-electron chi connectivity index (χ2n) is 6.94. The molecule has 0 spiro atoms. The maximum Gasteiger partial charge on any atom is 0.278 e. The first-order valence-corrected chi connectivity index (χ1v) is 9.94. The molecule has 0 N–H and O–H groups in total. The number of pyridine rings is 1. The molecule has 0 fully saturated rings. The summed E-state index contributed by atoms with van der Waals surface area (Å²) in [7, 11) is 1.77. The molecular formula is C21H21N5OS. The third-order valence-electron chi connectivity index (χ3n) is 4.64. The summed E-state index contributed by atoms with van der Waals surface area (Å²) in [5, 5.41) is 4.82. The second kappa shape index (κ2) is 7.52. The molecule has 4 rings (SSSR count). The maximum atomic E-state index is 13.3. The normalized spacial score (nSPS) is 11.3. The minimum Gasteiger partial charge on any atom is -0.278 e. The van der Waals surface area contributed by atoms with Gasteiger partial charge in [0, 0.05) is 25.6 Å². The van der Waals surface area contributed by atoms with Gasteiger partial charge in [-0.3, -0.25) is 19.4 Å². The Kier molecular flexibility index (Phi) is 4.92. The number of hydrogen-bond acceptors (Lipinski definition) is 5. The number of benzene rings is 1. The number of carbonyl (C=O) groups excluding carboxylic acids is 1. The van der Waals surface area contributed by atoms with Crippen LogP contribution in [0.4, 0.5) is 5.13 Å². The van der Waals surface area contributed by atoms with Crippen molar-refractivity contribution in [1.82, 2.24) is 19.7 Å². The Hall–Kier alpha value is -3.06. The van der Waals surface area contributed by atoms with E-state index in [2.05, 4.69) is 36.1 Å². The Bertz CT molecular complexity index is 1120. The van der Waals surface area contributed by atoms with Crippen LogP contribution in [0.3, 0.4) is 0 Å². The highest BCUT2D eigenvalue weighted by Crippen LogP contribution is 2.34. The molecule has 0 unspecified atom stereocenters. The number of hydrogen-bond donors (Lipinski definition) is 0. The highest BCUT2D eigenvalue weighted by molar-refractivity contribution is 7.22. The van der Waals surface area contributed by atoms with Gasteiger partial charge in [0.25, 0.3) is 5.91 Å². The van der Waals surface area contributed by atoms with Crippen LogP contribution < -0.4 is 4.90 Å². The molecule has 1 amide bonds. The molecule has 0 aliphatic carbocycles. The van der Waals surface area contributed by atoms with Crippen molar-refractivity contribution in [3.8, 4) is 0 Å². The first-order chi connectivity index (χ1) is 13.5. The van der Waals surface area contributed by atoms with E-state index in [1.165, 1.54) is 16.9 Å². The predicted octanol–water partition coefficient (Wildman–Crippen LogP) is 4.40. The van der Waals surface area contributed by atoms with E-state index >= 15 is 0 Å². The van der Waals surface area contributed by atoms with E-state index in [9.17, 15) is 4.79 Å². The number of fused-ring (bicyclic) bond motifs is 1. The average molecular weight is 392 g/mol. The topological polar surface area (TPSA) is 63.9 Å². The zero-order chi connectivity index (χ0) is 19.7. The van der Waals surface area contributed by atoms with Gasteiger partial charge in [-0.25, -0.2) is 4.98 Å². The molecule has 0 radical (unpaired) electrons. The molecule has 7 heteroatoms. The monoisotopic (exact) mass is 391 g/mol. The molecule has 142 valence electrons. The first kappa shape index (κ1) is 18.3. The Balaban J connectivity index is 1.81. The van der Waals surface area contributed by atoms with Gasteiger partial charge in [-0.2, -0.15) is 5.10 Å². The maximum absolute atomic E-state index is 13.3. The van der Waals surface area contributed by atoms with Crippen molar-refractivity contribution in [3.05, 3.63) is 71.8 Å². The largest absolute Gasteiger partial charge is 0.278 e. The van der Waals surface area contributed by atoms with Gasteiger partial charge in [-0.15, -0.1) is 0 Å². The molecule has 6 nitrogen and oxygen atoms in total. The van der Waals surface area contributed by atoms with Gasteiger partial charge in [-0.1, -0.05) is 43.4 Å². The highest BCUT2D eigenvalue weighted by Gasteiger charge is 2.24. The number of aryl methyl sites for hydroxylation is 1. The molecule has 28 heavy (non-hydrogen) atoms.